The highest BCUT2D eigenvalue weighted by Gasteiger charge is 2.28. The van der Waals surface area contributed by atoms with Gasteiger partial charge in [-0.25, -0.2) is 4.57 Å². The molecule has 3 N–H and O–H groups in total. The van der Waals surface area contributed by atoms with Crippen LogP contribution in [0.25, 0.3) is 0 Å². The molecule has 0 spiro atoms. The van der Waals surface area contributed by atoms with Crippen molar-refractivity contribution in [2.45, 2.75) is 257 Å². The lowest BCUT2D eigenvalue weighted by molar-refractivity contribution is -0.870. The number of phosphoric acid groups is 1. The van der Waals surface area contributed by atoms with Gasteiger partial charge in [0.05, 0.1) is 39.9 Å². The van der Waals surface area contributed by atoms with Crippen LogP contribution in [-0.2, 0) is 18.4 Å². The van der Waals surface area contributed by atoms with Gasteiger partial charge in [-0.3, -0.25) is 13.8 Å². The number of likely N-dealkylation sites (N-methyl/N-ethyl adjacent to an activating group) is 1. The quantitative estimate of drug-likeness (QED) is 0.0243. The first-order valence-electron chi connectivity index (χ1n) is 28.3. The molecule has 68 heavy (non-hydrogen) atoms. The highest BCUT2D eigenvalue weighted by atomic mass is 31.2. The molecule has 0 aliphatic rings. The minimum atomic E-state index is -4.32. The van der Waals surface area contributed by atoms with E-state index in [-0.39, 0.29) is 19.1 Å². The van der Waals surface area contributed by atoms with E-state index in [0.717, 1.165) is 77.0 Å². The van der Waals surface area contributed by atoms with Crippen molar-refractivity contribution in [1.29, 1.82) is 0 Å². The molecule has 3 atom stereocenters. The zero-order chi connectivity index (χ0) is 49.9. The third-order valence-corrected chi connectivity index (χ3v) is 13.5. The number of aliphatic hydroxyl groups is 1. The van der Waals surface area contributed by atoms with Crippen LogP contribution >= 0.6 is 7.82 Å². The Hall–Kier alpha value is -2.06. The van der Waals surface area contributed by atoms with Crippen molar-refractivity contribution in [3.8, 4) is 0 Å². The van der Waals surface area contributed by atoms with Crippen molar-refractivity contribution in [2.75, 3.05) is 40.9 Å². The summed E-state index contributed by atoms with van der Waals surface area (Å²) in [6.07, 6.45) is 68.2. The van der Waals surface area contributed by atoms with Crippen LogP contribution in [0.1, 0.15) is 245 Å². The van der Waals surface area contributed by atoms with Gasteiger partial charge in [-0.2, -0.15) is 0 Å². The Labute approximate surface area is 421 Å². The summed E-state index contributed by atoms with van der Waals surface area (Å²) in [7, 11) is 1.61. The third kappa shape index (κ3) is 51.8. The van der Waals surface area contributed by atoms with E-state index in [9.17, 15) is 19.4 Å². The standard InChI is InChI=1S/C59H109N2O6P/c1-6-8-10-12-14-16-18-19-20-21-22-23-24-25-26-27-28-29-30-31-32-33-34-35-36-37-38-39-40-41-43-45-47-49-51-53-59(63)60-57(56-67-68(64,65)66-55-54-61(3,4)5)58(62)52-50-48-46-44-42-17-15-13-11-9-7-2/h8,10,14,16,19-20,22-23,25-26,28-29,57-58,62H,6-7,9,11-13,15,17-18,21,24,27,30-56H2,1-5H3,(H-,60,63,64,65)/p+1/b10-8-,16-14-,20-19-,23-22-,26-25-,29-28-. The summed E-state index contributed by atoms with van der Waals surface area (Å²) >= 11 is 0. The van der Waals surface area contributed by atoms with Gasteiger partial charge in [0.25, 0.3) is 0 Å². The third-order valence-electron chi connectivity index (χ3n) is 12.5. The molecule has 3 unspecified atom stereocenters. The van der Waals surface area contributed by atoms with Crippen molar-refractivity contribution in [2.24, 2.45) is 0 Å². The topological polar surface area (TPSA) is 105 Å². The van der Waals surface area contributed by atoms with E-state index >= 15 is 0 Å². The average molecular weight is 975 g/mol. The van der Waals surface area contributed by atoms with E-state index in [0.29, 0.717) is 23.9 Å². The molecule has 1 amide bonds. The van der Waals surface area contributed by atoms with Gasteiger partial charge in [-0.05, 0) is 64.2 Å². The SMILES string of the molecule is CC/C=C\C/C=C\C/C=C\C/C=C\C/C=C\C/C=C\CCCCCCCCCCCCCCCCCCC(=O)NC(COP(=O)(O)OCC[N+](C)(C)C)C(O)CCCCCCCCCCCCC. The van der Waals surface area contributed by atoms with E-state index in [4.69, 9.17) is 9.05 Å². The molecule has 0 radical (unpaired) electrons. The van der Waals surface area contributed by atoms with Crippen LogP contribution in [0.15, 0.2) is 72.9 Å². The summed E-state index contributed by atoms with van der Waals surface area (Å²) in [6.45, 7) is 4.77. The first-order valence-corrected chi connectivity index (χ1v) is 29.8. The number of carbonyl (C=O) groups excluding carboxylic acids is 1. The Balaban J connectivity index is 3.97. The lowest BCUT2D eigenvalue weighted by Gasteiger charge is -2.26. The van der Waals surface area contributed by atoms with Gasteiger partial charge >= 0.3 is 7.82 Å². The molecule has 9 heteroatoms. The Morgan fingerprint density at radius 1 is 0.515 bits per heavy atom. The largest absolute Gasteiger partial charge is 0.472 e. The van der Waals surface area contributed by atoms with E-state index in [2.05, 4.69) is 92.1 Å². The number of amides is 1. The van der Waals surface area contributed by atoms with E-state index in [1.54, 1.807) is 0 Å². The van der Waals surface area contributed by atoms with Crippen LogP contribution in [-0.4, -0.2) is 73.4 Å². The first kappa shape index (κ1) is 65.9. The second-order valence-corrected chi connectivity index (χ2v) is 21.7. The lowest BCUT2D eigenvalue weighted by atomic mass is 10.0. The van der Waals surface area contributed by atoms with E-state index in [1.807, 2.05) is 21.1 Å². The van der Waals surface area contributed by atoms with Crippen molar-refractivity contribution < 1.29 is 32.9 Å². The molecule has 0 saturated carbocycles. The molecule has 0 saturated heterocycles. The van der Waals surface area contributed by atoms with Gasteiger partial charge in [0.15, 0.2) is 0 Å². The van der Waals surface area contributed by atoms with Crippen molar-refractivity contribution in [3.05, 3.63) is 72.9 Å². The zero-order valence-corrected chi connectivity index (χ0v) is 46.0. The summed E-state index contributed by atoms with van der Waals surface area (Å²) < 4.78 is 23.7. The van der Waals surface area contributed by atoms with Crippen LogP contribution in [0.4, 0.5) is 0 Å². The molecule has 0 aromatic carbocycles. The normalized spacial score (nSPS) is 14.5. The number of rotatable bonds is 51. The lowest BCUT2D eigenvalue weighted by Crippen LogP contribution is -2.46. The molecule has 0 aliphatic carbocycles. The predicted molar refractivity (Wildman–Crippen MR) is 295 cm³/mol. The number of allylic oxidation sites excluding steroid dienone is 12. The number of phosphoric ester groups is 1. The smallest absolute Gasteiger partial charge is 0.391 e. The molecular weight excluding hydrogens is 864 g/mol. The maximum atomic E-state index is 13.0. The maximum absolute atomic E-state index is 13.0. The van der Waals surface area contributed by atoms with Crippen LogP contribution < -0.4 is 5.32 Å². The van der Waals surface area contributed by atoms with Gasteiger partial charge < -0.3 is 19.8 Å². The molecular formula is C59H110N2O6P+. The Morgan fingerprint density at radius 2 is 0.882 bits per heavy atom. The van der Waals surface area contributed by atoms with Gasteiger partial charge in [-0.1, -0.05) is 247 Å². The molecule has 0 aromatic heterocycles. The Kier molecular flexibility index (Phi) is 48.4. The van der Waals surface area contributed by atoms with Crippen LogP contribution in [0.5, 0.6) is 0 Å². The fraction of sp³-hybridized carbons (Fsp3) is 0.780. The van der Waals surface area contributed by atoms with Crippen LogP contribution in [0.2, 0.25) is 0 Å². The Morgan fingerprint density at radius 3 is 1.29 bits per heavy atom. The van der Waals surface area contributed by atoms with Crippen molar-refractivity contribution >= 4 is 13.7 Å². The van der Waals surface area contributed by atoms with Gasteiger partial charge in [0.1, 0.15) is 13.2 Å². The number of nitrogens with one attached hydrogen (secondary N) is 1. The Bertz CT molecular complexity index is 1330. The summed E-state index contributed by atoms with van der Waals surface area (Å²) in [4.78, 5) is 23.2. The number of quaternary nitrogens is 1. The summed E-state index contributed by atoms with van der Waals surface area (Å²) in [5.41, 5.74) is 0. The van der Waals surface area contributed by atoms with Crippen LogP contribution in [0.3, 0.4) is 0 Å². The number of hydrogen-bond acceptors (Lipinski definition) is 5. The van der Waals surface area contributed by atoms with Gasteiger partial charge in [-0.15, -0.1) is 0 Å². The number of hydrogen-bond donors (Lipinski definition) is 3. The number of carbonyl (C=O) groups is 1. The zero-order valence-electron chi connectivity index (χ0n) is 45.1. The number of aliphatic hydroxyl groups excluding tert-OH is 1. The molecule has 0 bridgehead atoms. The molecule has 0 aliphatic heterocycles. The molecule has 396 valence electrons. The summed E-state index contributed by atoms with van der Waals surface area (Å²) in [5, 5.41) is 14.0. The second-order valence-electron chi connectivity index (χ2n) is 20.3. The molecule has 0 heterocycles. The minimum Gasteiger partial charge on any atom is -0.391 e. The number of nitrogens with zero attached hydrogens (tertiary/aromatic N) is 1. The molecule has 0 rings (SSSR count). The predicted octanol–water partition coefficient (Wildman–Crippen LogP) is 17.1. The summed E-state index contributed by atoms with van der Waals surface area (Å²) in [5.74, 6) is -0.146. The van der Waals surface area contributed by atoms with E-state index in [1.165, 1.54) is 141 Å². The highest BCUT2D eigenvalue weighted by Crippen LogP contribution is 2.43. The van der Waals surface area contributed by atoms with Crippen molar-refractivity contribution in [1.82, 2.24) is 5.32 Å². The second kappa shape index (κ2) is 49.9. The molecule has 0 aromatic rings. The first-order chi connectivity index (χ1) is 33.0. The fourth-order valence-electron chi connectivity index (χ4n) is 8.05. The van der Waals surface area contributed by atoms with Gasteiger partial charge in [0, 0.05) is 6.42 Å². The van der Waals surface area contributed by atoms with Gasteiger partial charge in [0.2, 0.25) is 5.91 Å². The fourth-order valence-corrected chi connectivity index (χ4v) is 8.79. The molecule has 8 nitrogen and oxygen atoms in total. The van der Waals surface area contributed by atoms with Crippen LogP contribution in [0, 0.1) is 0 Å². The molecule has 0 fully saturated rings. The summed E-state index contributed by atoms with van der Waals surface area (Å²) in [6, 6.07) is -0.761. The van der Waals surface area contributed by atoms with Crippen molar-refractivity contribution in [3.63, 3.8) is 0 Å². The van der Waals surface area contributed by atoms with E-state index < -0.39 is 20.0 Å². The monoisotopic (exact) mass is 974 g/mol. The highest BCUT2D eigenvalue weighted by molar-refractivity contribution is 7.47. The average Bonchev–Trinajstić information content (AvgIpc) is 3.30. The number of unbranched alkanes of at least 4 members (excludes halogenated alkanes) is 26. The minimum absolute atomic E-state index is 0.0735. The maximum Gasteiger partial charge on any atom is 0.472 e.